The Balaban J connectivity index is 1.32. The molecule has 0 radical (unpaired) electrons. The van der Waals surface area contributed by atoms with Crippen molar-refractivity contribution in [3.8, 4) is 16.9 Å². The summed E-state index contributed by atoms with van der Waals surface area (Å²) in [4.78, 5) is 23.8. The quantitative estimate of drug-likeness (QED) is 0.495. The van der Waals surface area contributed by atoms with Crippen LogP contribution in [0.1, 0.15) is 18.4 Å². The Morgan fingerprint density at radius 2 is 1.82 bits per heavy atom. The molecule has 1 atom stereocenters. The van der Waals surface area contributed by atoms with Gasteiger partial charge < -0.3 is 10.2 Å². The first-order chi connectivity index (χ1) is 16.3. The lowest BCUT2D eigenvalue weighted by molar-refractivity contribution is -0.125. The van der Waals surface area contributed by atoms with Gasteiger partial charge in [0.05, 0.1) is 23.5 Å². The number of carbonyl (C=O) groups is 1. The zero-order chi connectivity index (χ0) is 22.5. The average molecular weight is 439 g/mol. The third kappa shape index (κ3) is 4.77. The maximum absolute atomic E-state index is 13.1. The minimum Gasteiger partial charge on any atom is -0.355 e. The molecule has 1 fully saturated rings. The molecule has 1 N–H and O–H groups in total. The van der Waals surface area contributed by atoms with E-state index >= 15 is 0 Å². The summed E-state index contributed by atoms with van der Waals surface area (Å²) in [7, 11) is 0. The lowest BCUT2D eigenvalue weighted by Gasteiger charge is -2.32. The zero-order valence-corrected chi connectivity index (χ0v) is 18.3. The Labute approximate surface area is 193 Å². The summed E-state index contributed by atoms with van der Waals surface area (Å²) in [6, 6.07) is 20.1. The van der Waals surface area contributed by atoms with Crippen molar-refractivity contribution in [3.05, 3.63) is 91.0 Å². The van der Waals surface area contributed by atoms with Crippen molar-refractivity contribution in [3.63, 3.8) is 0 Å². The molecule has 1 aliphatic heterocycles. The number of hydrogen-bond donors (Lipinski definition) is 1. The highest BCUT2D eigenvalue weighted by Crippen LogP contribution is 2.25. The van der Waals surface area contributed by atoms with Crippen LogP contribution in [0.3, 0.4) is 0 Å². The average Bonchev–Trinajstić information content (AvgIpc) is 3.33. The van der Waals surface area contributed by atoms with E-state index in [1.54, 1.807) is 18.6 Å². The van der Waals surface area contributed by atoms with E-state index in [1.165, 1.54) is 0 Å². The monoisotopic (exact) mass is 438 g/mol. The number of amides is 1. The highest BCUT2D eigenvalue weighted by atomic mass is 16.1. The van der Waals surface area contributed by atoms with Gasteiger partial charge in [-0.05, 0) is 25.0 Å². The van der Waals surface area contributed by atoms with Gasteiger partial charge in [-0.25, -0.2) is 9.67 Å². The fourth-order valence-corrected chi connectivity index (χ4v) is 4.27. The highest BCUT2D eigenvalue weighted by molar-refractivity contribution is 5.80. The number of rotatable bonds is 6. The van der Waals surface area contributed by atoms with Gasteiger partial charge in [0, 0.05) is 49.4 Å². The summed E-state index contributed by atoms with van der Waals surface area (Å²) in [6.45, 7) is 1.97. The molecule has 1 amide bonds. The normalized spacial score (nSPS) is 15.9. The molecule has 7 nitrogen and oxygen atoms in total. The Morgan fingerprint density at radius 1 is 1.03 bits per heavy atom. The first-order valence-electron chi connectivity index (χ1n) is 11.3. The van der Waals surface area contributed by atoms with Gasteiger partial charge in [0.25, 0.3) is 0 Å². The van der Waals surface area contributed by atoms with Gasteiger partial charge in [0.2, 0.25) is 5.91 Å². The molecule has 7 heteroatoms. The molecule has 1 aliphatic rings. The van der Waals surface area contributed by atoms with Crippen LogP contribution in [0.25, 0.3) is 16.9 Å². The predicted octanol–water partition coefficient (Wildman–Crippen LogP) is 3.86. The highest BCUT2D eigenvalue weighted by Gasteiger charge is 2.27. The summed E-state index contributed by atoms with van der Waals surface area (Å²) in [5.74, 6) is 0.811. The van der Waals surface area contributed by atoms with E-state index in [0.29, 0.717) is 13.1 Å². The number of anilines is 1. The lowest BCUT2D eigenvalue weighted by atomic mass is 9.97. The predicted molar refractivity (Wildman–Crippen MR) is 128 cm³/mol. The summed E-state index contributed by atoms with van der Waals surface area (Å²) in [5.41, 5.74) is 3.88. The van der Waals surface area contributed by atoms with E-state index in [2.05, 4.69) is 20.2 Å². The molecule has 1 unspecified atom stereocenters. The fourth-order valence-electron chi connectivity index (χ4n) is 4.27. The van der Waals surface area contributed by atoms with Crippen molar-refractivity contribution in [2.45, 2.75) is 19.4 Å². The van der Waals surface area contributed by atoms with Crippen LogP contribution in [0, 0.1) is 5.92 Å². The second-order valence-corrected chi connectivity index (χ2v) is 8.22. The maximum Gasteiger partial charge on any atom is 0.225 e. The summed E-state index contributed by atoms with van der Waals surface area (Å²) < 4.78 is 1.88. The number of benzene rings is 2. The topological polar surface area (TPSA) is 75.9 Å². The molecular formula is C26H26N6O. The van der Waals surface area contributed by atoms with Crippen LogP contribution in [0.15, 0.2) is 85.5 Å². The third-order valence-electron chi connectivity index (χ3n) is 5.98. The van der Waals surface area contributed by atoms with Gasteiger partial charge in [0.1, 0.15) is 5.82 Å². The van der Waals surface area contributed by atoms with E-state index in [0.717, 1.165) is 47.7 Å². The van der Waals surface area contributed by atoms with Gasteiger partial charge in [-0.15, -0.1) is 0 Å². The first-order valence-corrected chi connectivity index (χ1v) is 11.3. The molecular weight excluding hydrogens is 412 g/mol. The van der Waals surface area contributed by atoms with Crippen LogP contribution < -0.4 is 10.2 Å². The Kier molecular flexibility index (Phi) is 6.10. The molecule has 0 saturated carbocycles. The summed E-state index contributed by atoms with van der Waals surface area (Å²) in [5, 5.41) is 8.00. The van der Waals surface area contributed by atoms with Gasteiger partial charge >= 0.3 is 0 Å². The van der Waals surface area contributed by atoms with Crippen LogP contribution in [-0.2, 0) is 11.3 Å². The Bertz CT molecular complexity index is 1190. The molecule has 4 aromatic rings. The second-order valence-electron chi connectivity index (χ2n) is 8.22. The minimum absolute atomic E-state index is 0.0649. The number of nitrogens with one attached hydrogen (secondary N) is 1. The molecule has 0 aliphatic carbocycles. The fraction of sp³-hybridized carbons (Fsp3) is 0.231. The zero-order valence-electron chi connectivity index (χ0n) is 18.3. The number of para-hydroxylation sites is 1. The number of carbonyl (C=O) groups excluding carboxylic acids is 1. The van der Waals surface area contributed by atoms with E-state index < -0.39 is 0 Å². The van der Waals surface area contributed by atoms with Gasteiger partial charge in [0.15, 0.2) is 0 Å². The van der Waals surface area contributed by atoms with Crippen LogP contribution in [0.4, 0.5) is 5.82 Å². The number of aromatic nitrogens is 4. The van der Waals surface area contributed by atoms with Gasteiger partial charge in [-0.3, -0.25) is 9.78 Å². The van der Waals surface area contributed by atoms with Crippen molar-refractivity contribution in [1.82, 2.24) is 25.1 Å². The van der Waals surface area contributed by atoms with Crippen LogP contribution in [0.2, 0.25) is 0 Å². The summed E-state index contributed by atoms with van der Waals surface area (Å²) >= 11 is 0. The molecule has 166 valence electrons. The van der Waals surface area contributed by atoms with Crippen molar-refractivity contribution in [2.75, 3.05) is 18.0 Å². The van der Waals surface area contributed by atoms with Crippen molar-refractivity contribution in [1.29, 1.82) is 0 Å². The van der Waals surface area contributed by atoms with Crippen molar-refractivity contribution >= 4 is 11.7 Å². The molecule has 0 bridgehead atoms. The Morgan fingerprint density at radius 3 is 2.58 bits per heavy atom. The van der Waals surface area contributed by atoms with Crippen LogP contribution in [-0.4, -0.2) is 38.7 Å². The van der Waals surface area contributed by atoms with Crippen LogP contribution >= 0.6 is 0 Å². The first kappa shape index (κ1) is 20.9. The second kappa shape index (κ2) is 9.65. The molecule has 1 saturated heterocycles. The summed E-state index contributed by atoms with van der Waals surface area (Å²) in [6.07, 6.45) is 8.94. The maximum atomic E-state index is 13.1. The number of piperidine rings is 1. The number of nitrogens with zero attached hydrogens (tertiary/aromatic N) is 5. The molecule has 5 rings (SSSR count). The third-order valence-corrected chi connectivity index (χ3v) is 5.98. The van der Waals surface area contributed by atoms with Crippen molar-refractivity contribution < 1.29 is 4.79 Å². The molecule has 33 heavy (non-hydrogen) atoms. The molecule has 3 heterocycles. The van der Waals surface area contributed by atoms with Crippen LogP contribution in [0.5, 0.6) is 0 Å². The molecule has 2 aromatic heterocycles. The smallest absolute Gasteiger partial charge is 0.225 e. The van der Waals surface area contributed by atoms with E-state index in [4.69, 9.17) is 5.10 Å². The van der Waals surface area contributed by atoms with E-state index in [-0.39, 0.29) is 11.8 Å². The SMILES string of the molecule is O=C(NCc1cn(-c2ccccc2)nc1-c1ccccc1)C1CCCN(c2cnccn2)C1. The number of hydrogen-bond acceptors (Lipinski definition) is 5. The Hall–Kier alpha value is -4.00. The van der Waals surface area contributed by atoms with Gasteiger partial charge in [-0.2, -0.15) is 5.10 Å². The minimum atomic E-state index is -0.0786. The van der Waals surface area contributed by atoms with E-state index in [1.807, 2.05) is 71.5 Å². The molecule has 0 spiro atoms. The standard InChI is InChI=1S/C26H26N6O/c33-26(21-10-7-15-31(18-21)24-17-27-13-14-28-24)29-16-22-19-32(23-11-5-2-6-12-23)30-25(22)20-8-3-1-4-9-20/h1-6,8-9,11-14,17,19,21H,7,10,15-16,18H2,(H,29,33). The van der Waals surface area contributed by atoms with Crippen molar-refractivity contribution in [2.24, 2.45) is 5.92 Å². The van der Waals surface area contributed by atoms with Gasteiger partial charge in [-0.1, -0.05) is 48.5 Å². The molecule has 2 aromatic carbocycles. The lowest BCUT2D eigenvalue weighted by Crippen LogP contribution is -2.43. The van der Waals surface area contributed by atoms with E-state index in [9.17, 15) is 4.79 Å². The largest absolute Gasteiger partial charge is 0.355 e.